The second-order valence-electron chi connectivity index (χ2n) is 4.47. The second kappa shape index (κ2) is 5.09. The third-order valence-electron chi connectivity index (χ3n) is 3.17. The molecule has 3 rings (SSSR count). The van der Waals surface area contributed by atoms with E-state index in [1.54, 1.807) is 7.11 Å². The van der Waals surface area contributed by atoms with Gasteiger partial charge in [-0.2, -0.15) is 5.10 Å². The highest BCUT2D eigenvalue weighted by atomic mass is 16.5. The van der Waals surface area contributed by atoms with Gasteiger partial charge in [0, 0.05) is 11.8 Å². The summed E-state index contributed by atoms with van der Waals surface area (Å²) in [5, 5.41) is 4.38. The fourth-order valence-electron chi connectivity index (χ4n) is 2.11. The summed E-state index contributed by atoms with van der Waals surface area (Å²) in [7, 11) is 1.61. The van der Waals surface area contributed by atoms with Gasteiger partial charge in [0.25, 0.3) is 0 Å². The molecular formula is C16H15N3O. The van der Waals surface area contributed by atoms with Crippen LogP contribution in [0.5, 0.6) is 5.75 Å². The molecule has 0 amide bonds. The maximum absolute atomic E-state index is 5.93. The molecule has 0 saturated heterocycles. The van der Waals surface area contributed by atoms with Crippen molar-refractivity contribution >= 4 is 5.69 Å². The van der Waals surface area contributed by atoms with Crippen LogP contribution in [0.25, 0.3) is 16.8 Å². The van der Waals surface area contributed by atoms with Crippen LogP contribution >= 0.6 is 0 Å². The SMILES string of the molecule is COc1ccc(-c2cnn(-c3ccccc3)c2)cc1N. The van der Waals surface area contributed by atoms with Crippen LogP contribution in [-0.2, 0) is 0 Å². The van der Waals surface area contributed by atoms with Gasteiger partial charge in [0.2, 0.25) is 0 Å². The predicted octanol–water partition coefficient (Wildman–Crippen LogP) is 3.13. The third kappa shape index (κ3) is 2.23. The van der Waals surface area contributed by atoms with Crippen LogP contribution in [0.15, 0.2) is 60.9 Å². The smallest absolute Gasteiger partial charge is 0.141 e. The Morgan fingerprint density at radius 2 is 1.85 bits per heavy atom. The highest BCUT2D eigenvalue weighted by Crippen LogP contribution is 2.28. The summed E-state index contributed by atoms with van der Waals surface area (Å²) in [5.74, 6) is 0.684. The first-order chi connectivity index (χ1) is 9.78. The summed E-state index contributed by atoms with van der Waals surface area (Å²) in [6.45, 7) is 0. The number of nitrogens with two attached hydrogens (primary N) is 1. The van der Waals surface area contributed by atoms with E-state index in [1.807, 2.05) is 65.6 Å². The Labute approximate surface area is 117 Å². The van der Waals surface area contributed by atoms with Gasteiger partial charge in [-0.1, -0.05) is 24.3 Å². The standard InChI is InChI=1S/C16H15N3O/c1-20-16-8-7-12(9-15(16)17)13-10-18-19(11-13)14-5-3-2-4-6-14/h2-11H,17H2,1H3. The number of para-hydroxylation sites is 1. The molecule has 0 aliphatic carbocycles. The Balaban J connectivity index is 1.96. The quantitative estimate of drug-likeness (QED) is 0.740. The monoisotopic (exact) mass is 265 g/mol. The highest BCUT2D eigenvalue weighted by molar-refractivity contribution is 5.70. The van der Waals surface area contributed by atoms with Gasteiger partial charge in [0.05, 0.1) is 24.7 Å². The highest BCUT2D eigenvalue weighted by Gasteiger charge is 2.06. The first-order valence-corrected chi connectivity index (χ1v) is 6.32. The summed E-state index contributed by atoms with van der Waals surface area (Å²) in [6, 6.07) is 15.7. The molecule has 0 unspecified atom stereocenters. The van der Waals surface area contributed by atoms with Crippen molar-refractivity contribution in [2.24, 2.45) is 0 Å². The van der Waals surface area contributed by atoms with Gasteiger partial charge in [-0.3, -0.25) is 0 Å². The van der Waals surface area contributed by atoms with Crippen molar-refractivity contribution in [3.8, 4) is 22.6 Å². The van der Waals surface area contributed by atoms with Crippen LogP contribution in [0.2, 0.25) is 0 Å². The number of rotatable bonds is 3. The number of nitrogens with zero attached hydrogens (tertiary/aromatic N) is 2. The second-order valence-corrected chi connectivity index (χ2v) is 4.47. The number of methoxy groups -OCH3 is 1. The molecule has 2 N–H and O–H groups in total. The molecule has 1 heterocycles. The zero-order valence-electron chi connectivity index (χ0n) is 11.2. The van der Waals surface area contributed by atoms with E-state index in [-0.39, 0.29) is 0 Å². The van der Waals surface area contributed by atoms with Crippen molar-refractivity contribution in [2.75, 3.05) is 12.8 Å². The van der Waals surface area contributed by atoms with E-state index in [0.717, 1.165) is 16.8 Å². The Hall–Kier alpha value is -2.75. The van der Waals surface area contributed by atoms with Crippen molar-refractivity contribution in [1.82, 2.24) is 9.78 Å². The Morgan fingerprint density at radius 1 is 1.05 bits per heavy atom. The molecule has 0 saturated carbocycles. The molecule has 100 valence electrons. The van der Waals surface area contributed by atoms with Gasteiger partial charge in [0.1, 0.15) is 5.75 Å². The molecule has 1 aromatic heterocycles. The van der Waals surface area contributed by atoms with Crippen LogP contribution in [-0.4, -0.2) is 16.9 Å². The lowest BCUT2D eigenvalue weighted by atomic mass is 10.1. The van der Waals surface area contributed by atoms with E-state index in [1.165, 1.54) is 0 Å². The molecule has 0 aliphatic rings. The maximum Gasteiger partial charge on any atom is 0.141 e. The first-order valence-electron chi connectivity index (χ1n) is 6.32. The molecule has 4 nitrogen and oxygen atoms in total. The Kier molecular flexibility index (Phi) is 3.13. The van der Waals surface area contributed by atoms with E-state index in [9.17, 15) is 0 Å². The zero-order valence-corrected chi connectivity index (χ0v) is 11.2. The van der Waals surface area contributed by atoms with Gasteiger partial charge in [-0.05, 0) is 29.8 Å². The van der Waals surface area contributed by atoms with E-state index in [4.69, 9.17) is 10.5 Å². The topological polar surface area (TPSA) is 53.1 Å². The van der Waals surface area contributed by atoms with Crippen molar-refractivity contribution in [3.05, 3.63) is 60.9 Å². The lowest BCUT2D eigenvalue weighted by molar-refractivity contribution is 0.417. The molecule has 0 fully saturated rings. The molecule has 0 radical (unpaired) electrons. The Morgan fingerprint density at radius 3 is 2.55 bits per heavy atom. The summed E-state index contributed by atoms with van der Waals surface area (Å²) in [6.07, 6.45) is 3.81. The number of anilines is 1. The van der Waals surface area contributed by atoms with E-state index in [0.29, 0.717) is 11.4 Å². The summed E-state index contributed by atoms with van der Waals surface area (Å²) >= 11 is 0. The van der Waals surface area contributed by atoms with Crippen LogP contribution in [0.3, 0.4) is 0 Å². The van der Waals surface area contributed by atoms with Crippen LogP contribution < -0.4 is 10.5 Å². The number of hydrogen-bond donors (Lipinski definition) is 1. The fourth-order valence-corrected chi connectivity index (χ4v) is 2.11. The van der Waals surface area contributed by atoms with E-state index >= 15 is 0 Å². The minimum Gasteiger partial charge on any atom is -0.495 e. The molecule has 4 heteroatoms. The Bertz CT molecular complexity index is 720. The van der Waals surface area contributed by atoms with Crippen molar-refractivity contribution in [1.29, 1.82) is 0 Å². The predicted molar refractivity (Wildman–Crippen MR) is 80.0 cm³/mol. The molecular weight excluding hydrogens is 250 g/mol. The van der Waals surface area contributed by atoms with E-state index in [2.05, 4.69) is 5.10 Å². The molecule has 0 aliphatic heterocycles. The first kappa shape index (κ1) is 12.3. The lowest BCUT2D eigenvalue weighted by Crippen LogP contribution is -1.93. The maximum atomic E-state index is 5.93. The average molecular weight is 265 g/mol. The number of aromatic nitrogens is 2. The van der Waals surface area contributed by atoms with Gasteiger partial charge >= 0.3 is 0 Å². The number of hydrogen-bond acceptors (Lipinski definition) is 3. The third-order valence-corrected chi connectivity index (χ3v) is 3.17. The van der Waals surface area contributed by atoms with Gasteiger partial charge in [0.15, 0.2) is 0 Å². The molecule has 0 bridgehead atoms. The minimum atomic E-state index is 0.623. The largest absolute Gasteiger partial charge is 0.495 e. The lowest BCUT2D eigenvalue weighted by Gasteiger charge is -2.05. The van der Waals surface area contributed by atoms with E-state index < -0.39 is 0 Å². The molecule has 0 atom stereocenters. The van der Waals surface area contributed by atoms with Gasteiger partial charge in [-0.25, -0.2) is 4.68 Å². The normalized spacial score (nSPS) is 10.4. The number of ether oxygens (including phenoxy) is 1. The molecule has 0 spiro atoms. The fraction of sp³-hybridized carbons (Fsp3) is 0.0625. The molecule has 2 aromatic carbocycles. The van der Waals surface area contributed by atoms with Crippen LogP contribution in [0.1, 0.15) is 0 Å². The summed E-state index contributed by atoms with van der Waals surface area (Å²) in [5.41, 5.74) is 9.62. The van der Waals surface area contributed by atoms with Crippen molar-refractivity contribution in [2.45, 2.75) is 0 Å². The van der Waals surface area contributed by atoms with Crippen LogP contribution in [0.4, 0.5) is 5.69 Å². The van der Waals surface area contributed by atoms with Crippen molar-refractivity contribution in [3.63, 3.8) is 0 Å². The van der Waals surface area contributed by atoms with Crippen LogP contribution in [0, 0.1) is 0 Å². The zero-order chi connectivity index (χ0) is 13.9. The van der Waals surface area contributed by atoms with Gasteiger partial charge in [-0.15, -0.1) is 0 Å². The summed E-state index contributed by atoms with van der Waals surface area (Å²) < 4.78 is 7.01. The van der Waals surface area contributed by atoms with Crippen molar-refractivity contribution < 1.29 is 4.74 Å². The number of nitrogen functional groups attached to an aromatic ring is 1. The minimum absolute atomic E-state index is 0.623. The molecule has 20 heavy (non-hydrogen) atoms. The van der Waals surface area contributed by atoms with Gasteiger partial charge < -0.3 is 10.5 Å². The summed E-state index contributed by atoms with van der Waals surface area (Å²) in [4.78, 5) is 0. The number of benzene rings is 2. The average Bonchev–Trinajstić information content (AvgIpc) is 2.98. The molecule has 3 aromatic rings.